The largest absolute Gasteiger partial charge is 0.369 e. The lowest BCUT2D eigenvalue weighted by Gasteiger charge is -2.37. The Hall–Kier alpha value is -5.57. The second-order valence-corrected chi connectivity index (χ2v) is 14.8. The molecule has 4 aromatic rings. The van der Waals surface area contributed by atoms with Gasteiger partial charge >= 0.3 is 0 Å². The molecule has 0 spiro atoms. The van der Waals surface area contributed by atoms with E-state index in [4.69, 9.17) is 16.9 Å². The fraction of sp³-hybridized carbons (Fsp3) is 0.436. The predicted octanol–water partition coefficient (Wildman–Crippen LogP) is 5.66. The molecule has 3 aromatic heterocycles. The van der Waals surface area contributed by atoms with Crippen LogP contribution in [0.3, 0.4) is 0 Å². The number of nitrogens with zero attached hydrogens (tertiary/aromatic N) is 9. The molecule has 5 heterocycles. The number of nitriles is 2. The molecule has 0 radical (unpaired) electrons. The van der Waals surface area contributed by atoms with Crippen molar-refractivity contribution in [2.75, 3.05) is 48.3 Å². The number of piperazine rings is 1. The summed E-state index contributed by atoms with van der Waals surface area (Å²) in [5.74, 6) is 1.23. The zero-order valence-electron chi connectivity index (χ0n) is 30.2. The minimum atomic E-state index is -0.469. The zero-order chi connectivity index (χ0) is 37.6. The molecule has 3 aliphatic rings. The van der Waals surface area contributed by atoms with E-state index in [0.29, 0.717) is 58.3 Å². The quantitative estimate of drug-likeness (QED) is 0.161. The fourth-order valence-electron chi connectivity index (χ4n) is 7.64. The van der Waals surface area contributed by atoms with E-state index in [1.54, 1.807) is 23.9 Å². The molecule has 2 aliphatic heterocycles. The highest BCUT2D eigenvalue weighted by Gasteiger charge is 2.29. The minimum absolute atomic E-state index is 0.185. The lowest BCUT2D eigenvalue weighted by Crippen LogP contribution is -2.47. The van der Waals surface area contributed by atoms with Crippen LogP contribution in [0.1, 0.15) is 80.5 Å². The number of anilines is 4. The van der Waals surface area contributed by atoms with Crippen LogP contribution in [0.4, 0.5) is 23.0 Å². The van der Waals surface area contributed by atoms with Gasteiger partial charge in [-0.15, -0.1) is 5.10 Å². The number of imide groups is 1. The Bertz CT molecular complexity index is 2060. The Morgan fingerprint density at radius 1 is 1.00 bits per heavy atom. The molecule has 0 bridgehead atoms. The van der Waals surface area contributed by atoms with Crippen molar-refractivity contribution in [1.82, 2.24) is 35.2 Å². The number of nitrogens with one attached hydrogen (secondary N) is 3. The third-order valence-corrected chi connectivity index (χ3v) is 11.1. The van der Waals surface area contributed by atoms with Crippen LogP contribution < -0.4 is 20.9 Å². The number of pyridine rings is 2. The predicted molar refractivity (Wildman–Crippen MR) is 205 cm³/mol. The summed E-state index contributed by atoms with van der Waals surface area (Å²) >= 11 is 6.32. The summed E-state index contributed by atoms with van der Waals surface area (Å²) in [4.78, 5) is 37.6. The number of carbonyl (C=O) groups excluding carboxylic acids is 2. The fourth-order valence-corrected chi connectivity index (χ4v) is 7.86. The molecule has 1 saturated carbocycles. The normalized spacial score (nSPS) is 21.1. The topological polar surface area (TPSA) is 181 Å². The van der Waals surface area contributed by atoms with E-state index in [2.05, 4.69) is 64.2 Å². The van der Waals surface area contributed by atoms with Crippen molar-refractivity contribution >= 4 is 46.4 Å². The van der Waals surface area contributed by atoms with Gasteiger partial charge in [0, 0.05) is 56.5 Å². The van der Waals surface area contributed by atoms with Crippen molar-refractivity contribution in [2.45, 2.75) is 69.7 Å². The van der Waals surface area contributed by atoms with Crippen molar-refractivity contribution in [3.05, 3.63) is 76.8 Å². The molecule has 3 N–H and O–H groups in total. The van der Waals surface area contributed by atoms with E-state index in [0.717, 1.165) is 69.7 Å². The molecule has 2 saturated heterocycles. The molecule has 3 fully saturated rings. The van der Waals surface area contributed by atoms with E-state index < -0.39 is 6.04 Å². The maximum Gasteiger partial charge on any atom is 0.234 e. The third-order valence-electron chi connectivity index (χ3n) is 10.8. The van der Waals surface area contributed by atoms with Crippen LogP contribution in [0.25, 0.3) is 5.69 Å². The standard InChI is InChI=1S/C39H43ClN12O2/c1-25(20-41)45-33-19-36(46-38-32(40)18-27(21-42)22-44-38)43-23-35(33)52-24-34(48-49-52)29-4-2-26(3-5-29)12-13-50-14-16-51(17-15-50)30-8-6-28(7-9-30)31-10-11-37(53)47-39(31)54/h6-9,18-19,22-26,29,31H,2-5,10-17H2,1H3,(H,47,53,54)(H2,43,44,45,46)/t25-,26?,29?,31?/m1/s1. The van der Waals surface area contributed by atoms with Gasteiger partial charge in [0.25, 0.3) is 0 Å². The van der Waals surface area contributed by atoms with Crippen molar-refractivity contribution in [2.24, 2.45) is 5.92 Å². The number of halogens is 1. The van der Waals surface area contributed by atoms with Crippen molar-refractivity contribution in [3.63, 3.8) is 0 Å². The molecule has 2 atom stereocenters. The van der Waals surface area contributed by atoms with Crippen LogP contribution in [-0.2, 0) is 9.59 Å². The second-order valence-electron chi connectivity index (χ2n) is 14.4. The molecule has 2 amide bonds. The zero-order valence-corrected chi connectivity index (χ0v) is 31.0. The lowest BCUT2D eigenvalue weighted by atomic mass is 9.79. The first-order valence-corrected chi connectivity index (χ1v) is 19.0. The summed E-state index contributed by atoms with van der Waals surface area (Å²) in [5, 5.41) is 36.7. The number of benzene rings is 1. The monoisotopic (exact) mass is 746 g/mol. The Kier molecular flexibility index (Phi) is 11.3. The Balaban J connectivity index is 0.888. The van der Waals surface area contributed by atoms with E-state index in [1.165, 1.54) is 24.4 Å². The van der Waals surface area contributed by atoms with Gasteiger partial charge in [0.2, 0.25) is 11.8 Å². The summed E-state index contributed by atoms with van der Waals surface area (Å²) in [6, 6.07) is 15.4. The summed E-state index contributed by atoms with van der Waals surface area (Å²) < 4.78 is 1.71. The average molecular weight is 747 g/mol. The van der Waals surface area contributed by atoms with Crippen LogP contribution in [-0.4, -0.2) is 80.4 Å². The highest BCUT2D eigenvalue weighted by Crippen LogP contribution is 2.37. The molecule has 278 valence electrons. The molecule has 15 heteroatoms. The smallest absolute Gasteiger partial charge is 0.234 e. The van der Waals surface area contributed by atoms with Gasteiger partial charge in [-0.1, -0.05) is 28.9 Å². The second kappa shape index (κ2) is 16.6. The Labute approximate surface area is 319 Å². The van der Waals surface area contributed by atoms with Crippen molar-refractivity contribution in [3.8, 4) is 17.8 Å². The number of aromatic nitrogens is 5. The van der Waals surface area contributed by atoms with Crippen LogP contribution >= 0.6 is 11.6 Å². The SMILES string of the molecule is C[C@H](C#N)Nc1cc(Nc2ncc(C#N)cc2Cl)ncc1-n1cc(C2CCC(CCN3CCN(c4ccc(C5CCC(=O)NC5=O)cc4)CC3)CC2)nn1. The number of amides is 2. The maximum atomic E-state index is 12.3. The van der Waals surface area contributed by atoms with Gasteiger partial charge < -0.3 is 15.5 Å². The first-order chi connectivity index (χ1) is 26.3. The van der Waals surface area contributed by atoms with E-state index in [9.17, 15) is 14.9 Å². The molecular formula is C39H43ClN12O2. The number of rotatable bonds is 11. The molecule has 54 heavy (non-hydrogen) atoms. The minimum Gasteiger partial charge on any atom is -0.369 e. The van der Waals surface area contributed by atoms with Gasteiger partial charge in [-0.3, -0.25) is 19.8 Å². The molecule has 7 rings (SSSR count). The van der Waals surface area contributed by atoms with E-state index >= 15 is 0 Å². The summed E-state index contributed by atoms with van der Waals surface area (Å²) in [6.07, 6.45) is 11.7. The molecule has 14 nitrogen and oxygen atoms in total. The highest BCUT2D eigenvalue weighted by molar-refractivity contribution is 6.33. The lowest BCUT2D eigenvalue weighted by molar-refractivity contribution is -0.134. The number of hydrogen-bond acceptors (Lipinski definition) is 12. The molecule has 1 aromatic carbocycles. The molecule has 1 aliphatic carbocycles. The summed E-state index contributed by atoms with van der Waals surface area (Å²) in [5.41, 5.74) is 4.78. The van der Waals surface area contributed by atoms with Gasteiger partial charge in [-0.2, -0.15) is 10.5 Å². The van der Waals surface area contributed by atoms with Crippen molar-refractivity contribution in [1.29, 1.82) is 10.5 Å². The van der Waals surface area contributed by atoms with Crippen LogP contribution in [0.15, 0.2) is 55.0 Å². The number of hydrogen-bond donors (Lipinski definition) is 3. The highest BCUT2D eigenvalue weighted by atomic mass is 35.5. The first-order valence-electron chi connectivity index (χ1n) is 18.6. The van der Waals surface area contributed by atoms with Crippen LogP contribution in [0.5, 0.6) is 0 Å². The van der Waals surface area contributed by atoms with Crippen molar-refractivity contribution < 1.29 is 9.59 Å². The Morgan fingerprint density at radius 3 is 2.48 bits per heavy atom. The summed E-state index contributed by atoms with van der Waals surface area (Å²) in [6.45, 7) is 6.90. The van der Waals surface area contributed by atoms with Crippen LogP contribution in [0.2, 0.25) is 5.02 Å². The van der Waals surface area contributed by atoms with Gasteiger partial charge in [0.15, 0.2) is 0 Å². The average Bonchev–Trinajstić information content (AvgIpc) is 3.69. The van der Waals surface area contributed by atoms with Gasteiger partial charge in [-0.05, 0) is 81.7 Å². The van der Waals surface area contributed by atoms with Gasteiger partial charge in [0.05, 0.1) is 46.3 Å². The summed E-state index contributed by atoms with van der Waals surface area (Å²) in [7, 11) is 0. The molecular weight excluding hydrogens is 704 g/mol. The first kappa shape index (κ1) is 36.8. The van der Waals surface area contributed by atoms with Crippen LogP contribution in [0, 0.1) is 28.6 Å². The number of carbonyl (C=O) groups is 2. The maximum absolute atomic E-state index is 12.3. The number of piperidine rings is 1. The van der Waals surface area contributed by atoms with E-state index in [-0.39, 0.29) is 17.7 Å². The van der Waals surface area contributed by atoms with E-state index in [1.807, 2.05) is 24.4 Å². The Morgan fingerprint density at radius 2 is 1.78 bits per heavy atom. The molecule has 1 unspecified atom stereocenters. The van der Waals surface area contributed by atoms with Gasteiger partial charge in [0.1, 0.15) is 29.4 Å². The third kappa shape index (κ3) is 8.62. The van der Waals surface area contributed by atoms with Gasteiger partial charge in [-0.25, -0.2) is 14.6 Å².